The Hall–Kier alpha value is -0.860. The minimum Gasteiger partial charge on any atom is -0.396 e. The van der Waals surface area contributed by atoms with E-state index in [1.807, 2.05) is 0 Å². The van der Waals surface area contributed by atoms with Crippen LogP contribution in [0.3, 0.4) is 0 Å². The monoisotopic (exact) mass is 249 g/mol. The minimum absolute atomic E-state index is 0.0805. The molecule has 0 aliphatic rings. The summed E-state index contributed by atoms with van der Waals surface area (Å²) in [7, 11) is 0. The molecular formula is C16H27NO. The maximum absolute atomic E-state index is 9.42. The van der Waals surface area contributed by atoms with Crippen LogP contribution in [0.15, 0.2) is 24.3 Å². The fraction of sp³-hybridized carbons (Fsp3) is 0.625. The highest BCUT2D eigenvalue weighted by molar-refractivity contribution is 5.25. The zero-order valence-electron chi connectivity index (χ0n) is 12.1. The van der Waals surface area contributed by atoms with E-state index in [0.717, 1.165) is 12.0 Å². The van der Waals surface area contributed by atoms with Crippen molar-refractivity contribution in [2.45, 2.75) is 40.2 Å². The van der Waals surface area contributed by atoms with E-state index in [4.69, 9.17) is 5.73 Å². The third-order valence-corrected chi connectivity index (χ3v) is 3.54. The average molecular weight is 249 g/mol. The molecule has 102 valence electrons. The summed E-state index contributed by atoms with van der Waals surface area (Å²) in [5, 5.41) is 9.42. The molecule has 2 heteroatoms. The zero-order chi connectivity index (χ0) is 13.7. The van der Waals surface area contributed by atoms with Crippen LogP contribution >= 0.6 is 0 Å². The molecule has 2 unspecified atom stereocenters. The number of hydrogen-bond acceptors (Lipinski definition) is 2. The Bertz CT molecular complexity index is 343. The lowest BCUT2D eigenvalue weighted by atomic mass is 9.85. The topological polar surface area (TPSA) is 46.2 Å². The van der Waals surface area contributed by atoms with Crippen LogP contribution in [0.5, 0.6) is 0 Å². The number of aliphatic hydroxyl groups excluding tert-OH is 1. The smallest absolute Gasteiger partial charge is 0.0479 e. The van der Waals surface area contributed by atoms with E-state index in [9.17, 15) is 5.11 Å². The van der Waals surface area contributed by atoms with Gasteiger partial charge in [0.15, 0.2) is 0 Å². The van der Waals surface area contributed by atoms with Gasteiger partial charge in [0.1, 0.15) is 0 Å². The van der Waals surface area contributed by atoms with Gasteiger partial charge in [0, 0.05) is 18.6 Å². The first-order valence-electron chi connectivity index (χ1n) is 6.91. The Kier molecular flexibility index (Phi) is 5.83. The first kappa shape index (κ1) is 15.2. The molecule has 1 rings (SSSR count). The summed E-state index contributed by atoms with van der Waals surface area (Å²) < 4.78 is 0. The van der Waals surface area contributed by atoms with Gasteiger partial charge in [0.25, 0.3) is 0 Å². The van der Waals surface area contributed by atoms with Crippen molar-refractivity contribution in [3.63, 3.8) is 0 Å². The molecule has 1 aromatic carbocycles. The second-order valence-corrected chi connectivity index (χ2v) is 5.96. The standard InChI is InChI=1S/C16H27NO/c1-11(2)9-13-5-7-14(8-6-13)16(17)15(10-18)12(3)4/h5-8,11-12,15-16,18H,9-10,17H2,1-4H3. The van der Waals surface area contributed by atoms with Crippen LogP contribution in [0, 0.1) is 17.8 Å². The molecule has 0 saturated heterocycles. The van der Waals surface area contributed by atoms with Crippen molar-refractivity contribution < 1.29 is 5.11 Å². The molecule has 0 aliphatic carbocycles. The Morgan fingerprint density at radius 3 is 2.00 bits per heavy atom. The van der Waals surface area contributed by atoms with Crippen LogP contribution in [-0.4, -0.2) is 11.7 Å². The highest BCUT2D eigenvalue weighted by atomic mass is 16.3. The van der Waals surface area contributed by atoms with Crippen molar-refractivity contribution in [3.05, 3.63) is 35.4 Å². The number of aliphatic hydroxyl groups is 1. The van der Waals surface area contributed by atoms with E-state index in [-0.39, 0.29) is 18.6 Å². The second-order valence-electron chi connectivity index (χ2n) is 5.96. The van der Waals surface area contributed by atoms with Crippen LogP contribution < -0.4 is 5.73 Å². The van der Waals surface area contributed by atoms with Crippen molar-refractivity contribution in [3.8, 4) is 0 Å². The van der Waals surface area contributed by atoms with Gasteiger partial charge in [-0.3, -0.25) is 0 Å². The fourth-order valence-electron chi connectivity index (χ4n) is 2.33. The predicted octanol–water partition coefficient (Wildman–Crippen LogP) is 3.15. The summed E-state index contributed by atoms with van der Waals surface area (Å²) in [6.45, 7) is 8.80. The molecule has 0 fully saturated rings. The summed E-state index contributed by atoms with van der Waals surface area (Å²) >= 11 is 0. The summed E-state index contributed by atoms with van der Waals surface area (Å²) in [5.74, 6) is 1.19. The van der Waals surface area contributed by atoms with Crippen LogP contribution in [0.25, 0.3) is 0 Å². The summed E-state index contributed by atoms with van der Waals surface area (Å²) in [5.41, 5.74) is 8.72. The fourth-order valence-corrected chi connectivity index (χ4v) is 2.33. The Morgan fingerprint density at radius 1 is 1.06 bits per heavy atom. The molecule has 0 amide bonds. The predicted molar refractivity (Wildman–Crippen MR) is 77.3 cm³/mol. The number of benzene rings is 1. The van der Waals surface area contributed by atoms with Crippen LogP contribution in [0.2, 0.25) is 0 Å². The second kappa shape index (κ2) is 6.91. The van der Waals surface area contributed by atoms with Gasteiger partial charge in [0.2, 0.25) is 0 Å². The molecule has 0 spiro atoms. The van der Waals surface area contributed by atoms with Crippen molar-refractivity contribution in [1.29, 1.82) is 0 Å². The number of rotatable bonds is 6. The van der Waals surface area contributed by atoms with Crippen LogP contribution in [0.1, 0.15) is 44.9 Å². The summed E-state index contributed by atoms with van der Waals surface area (Å²) in [4.78, 5) is 0. The van der Waals surface area contributed by atoms with E-state index < -0.39 is 0 Å². The van der Waals surface area contributed by atoms with Crippen LogP contribution in [0.4, 0.5) is 0 Å². The Morgan fingerprint density at radius 2 is 1.61 bits per heavy atom. The van der Waals surface area contributed by atoms with E-state index in [2.05, 4.69) is 52.0 Å². The summed E-state index contributed by atoms with van der Waals surface area (Å²) in [6.07, 6.45) is 1.10. The van der Waals surface area contributed by atoms with Gasteiger partial charge >= 0.3 is 0 Å². The number of nitrogens with two attached hydrogens (primary N) is 1. The van der Waals surface area contributed by atoms with E-state index >= 15 is 0 Å². The lowest BCUT2D eigenvalue weighted by Gasteiger charge is -2.25. The van der Waals surface area contributed by atoms with Gasteiger partial charge in [-0.15, -0.1) is 0 Å². The number of hydrogen-bond donors (Lipinski definition) is 2. The molecule has 0 radical (unpaired) electrons. The van der Waals surface area contributed by atoms with Crippen molar-refractivity contribution >= 4 is 0 Å². The van der Waals surface area contributed by atoms with E-state index in [0.29, 0.717) is 11.8 Å². The van der Waals surface area contributed by atoms with Crippen molar-refractivity contribution in [2.24, 2.45) is 23.5 Å². The molecule has 3 N–H and O–H groups in total. The minimum atomic E-state index is -0.0805. The lowest BCUT2D eigenvalue weighted by Crippen LogP contribution is -2.28. The Balaban J connectivity index is 2.77. The van der Waals surface area contributed by atoms with Gasteiger partial charge in [-0.25, -0.2) is 0 Å². The molecule has 0 aromatic heterocycles. The highest BCUT2D eigenvalue weighted by Crippen LogP contribution is 2.26. The molecule has 0 heterocycles. The highest BCUT2D eigenvalue weighted by Gasteiger charge is 2.21. The maximum Gasteiger partial charge on any atom is 0.0479 e. The molecule has 0 aliphatic heterocycles. The van der Waals surface area contributed by atoms with Gasteiger partial charge in [-0.2, -0.15) is 0 Å². The average Bonchev–Trinajstić information content (AvgIpc) is 2.29. The quantitative estimate of drug-likeness (QED) is 0.813. The molecule has 0 bridgehead atoms. The first-order chi connectivity index (χ1) is 8.45. The van der Waals surface area contributed by atoms with E-state index in [1.54, 1.807) is 0 Å². The normalized spacial score (nSPS) is 15.1. The van der Waals surface area contributed by atoms with Gasteiger partial charge in [0.05, 0.1) is 0 Å². The molecule has 0 saturated carbocycles. The van der Waals surface area contributed by atoms with Crippen LogP contribution in [-0.2, 0) is 6.42 Å². The van der Waals surface area contributed by atoms with Gasteiger partial charge in [-0.05, 0) is 29.4 Å². The van der Waals surface area contributed by atoms with Crippen molar-refractivity contribution in [2.75, 3.05) is 6.61 Å². The third-order valence-electron chi connectivity index (χ3n) is 3.54. The molecule has 1 aromatic rings. The van der Waals surface area contributed by atoms with Gasteiger partial charge in [-0.1, -0.05) is 52.0 Å². The molecular weight excluding hydrogens is 222 g/mol. The molecule has 2 atom stereocenters. The van der Waals surface area contributed by atoms with E-state index in [1.165, 1.54) is 5.56 Å². The van der Waals surface area contributed by atoms with Crippen molar-refractivity contribution in [1.82, 2.24) is 0 Å². The largest absolute Gasteiger partial charge is 0.396 e. The first-order valence-corrected chi connectivity index (χ1v) is 6.91. The zero-order valence-corrected chi connectivity index (χ0v) is 12.1. The maximum atomic E-state index is 9.42. The van der Waals surface area contributed by atoms with Gasteiger partial charge < -0.3 is 10.8 Å². The molecule has 2 nitrogen and oxygen atoms in total. The molecule has 18 heavy (non-hydrogen) atoms. The Labute approximate surface area is 111 Å². The lowest BCUT2D eigenvalue weighted by molar-refractivity contribution is 0.166. The third kappa shape index (κ3) is 4.11. The SMILES string of the molecule is CC(C)Cc1ccc(C(N)C(CO)C(C)C)cc1. The summed E-state index contributed by atoms with van der Waals surface area (Å²) in [6, 6.07) is 8.44.